The molecule has 0 aromatic carbocycles. The third-order valence-corrected chi connectivity index (χ3v) is 2.92. The summed E-state index contributed by atoms with van der Waals surface area (Å²) in [5, 5.41) is 0. The van der Waals surface area contributed by atoms with Gasteiger partial charge in [0.1, 0.15) is 10.1 Å². The second-order valence-corrected chi connectivity index (χ2v) is 4.28. The summed E-state index contributed by atoms with van der Waals surface area (Å²) in [5.41, 5.74) is 1.23. The largest absolute Gasteiger partial charge is 1.00 e. The molecule has 5 heteroatoms. The first-order valence-corrected chi connectivity index (χ1v) is 5.43. The fraction of sp³-hybridized carbons (Fsp3) is 0. The maximum atomic E-state index is 10.9. The van der Waals surface area contributed by atoms with E-state index in [9.17, 15) is 13.0 Å². The van der Waals surface area contributed by atoms with Crippen LogP contribution in [0.4, 0.5) is 0 Å². The number of hydrogen-bond donors (Lipinski definition) is 0. The minimum atomic E-state index is -4.37. The van der Waals surface area contributed by atoms with Crippen LogP contribution >= 0.6 is 0 Å². The summed E-state index contributed by atoms with van der Waals surface area (Å²) in [7, 11) is -4.37. The van der Waals surface area contributed by atoms with Crippen LogP contribution in [0, 0.1) is 0 Å². The van der Waals surface area contributed by atoms with Gasteiger partial charge in [-0.1, -0.05) is 36.4 Å². The van der Waals surface area contributed by atoms with E-state index in [0.29, 0.717) is 5.56 Å². The van der Waals surface area contributed by atoms with Crippen LogP contribution in [0.1, 0.15) is 0 Å². The first-order valence-electron chi connectivity index (χ1n) is 4.03. The van der Waals surface area contributed by atoms with Crippen molar-refractivity contribution in [1.82, 2.24) is 0 Å². The van der Waals surface area contributed by atoms with Gasteiger partial charge in [0.2, 0.25) is 0 Å². The van der Waals surface area contributed by atoms with Crippen LogP contribution in [-0.2, 0) is 10.1 Å². The van der Waals surface area contributed by atoms with E-state index in [1.54, 1.807) is 36.4 Å². The quantitative estimate of drug-likeness (QED) is 0.464. The van der Waals surface area contributed by atoms with E-state index >= 15 is 0 Å². The summed E-state index contributed by atoms with van der Waals surface area (Å²) in [5.74, 6) is 0. The molecule has 0 spiro atoms. The first kappa shape index (κ1) is 13.3. The summed E-state index contributed by atoms with van der Waals surface area (Å²) in [6.45, 7) is 0. The molecule has 0 aromatic heterocycles. The molecule has 0 radical (unpaired) electrons. The second-order valence-electron chi connectivity index (χ2n) is 2.93. The Balaban J connectivity index is 0.00000112. The van der Waals surface area contributed by atoms with Gasteiger partial charge in [-0.15, -0.1) is 0 Å². The number of rotatable bonds is 1. The van der Waals surface area contributed by atoms with Gasteiger partial charge in [0.15, 0.2) is 0 Å². The van der Waals surface area contributed by atoms with Crippen LogP contribution in [0.5, 0.6) is 0 Å². The normalized spacial score (nSPS) is 11.0. The second kappa shape index (κ2) is 5.05. The molecule has 0 atom stereocenters. The number of hydrogen-bond acceptors (Lipinski definition) is 3. The molecular formula is C10H7KO3S. The minimum Gasteiger partial charge on any atom is -0.744 e. The summed E-state index contributed by atoms with van der Waals surface area (Å²) in [6, 6.07) is 11.6. The molecule has 0 heterocycles. The van der Waals surface area contributed by atoms with Crippen LogP contribution in [0.15, 0.2) is 47.4 Å². The van der Waals surface area contributed by atoms with E-state index in [2.05, 4.69) is 0 Å². The van der Waals surface area contributed by atoms with Crippen molar-refractivity contribution in [3.63, 3.8) is 0 Å². The summed E-state index contributed by atoms with van der Waals surface area (Å²) in [4.78, 5) is -0.149. The average Bonchev–Trinajstić information content (AvgIpc) is 2.36. The molecule has 0 bridgehead atoms. The van der Waals surface area contributed by atoms with Crippen molar-refractivity contribution in [2.24, 2.45) is 0 Å². The molecule has 2 rings (SSSR count). The summed E-state index contributed by atoms with van der Waals surface area (Å²) < 4.78 is 32.6. The molecule has 0 saturated heterocycles. The van der Waals surface area contributed by atoms with Crippen molar-refractivity contribution >= 4 is 10.1 Å². The van der Waals surface area contributed by atoms with E-state index in [0.717, 1.165) is 5.56 Å². The van der Waals surface area contributed by atoms with E-state index in [1.165, 1.54) is 6.07 Å². The molecular weight excluding hydrogens is 239 g/mol. The Morgan fingerprint density at radius 2 is 1.60 bits per heavy atom. The van der Waals surface area contributed by atoms with Gasteiger partial charge in [0, 0.05) is 0 Å². The average molecular weight is 246 g/mol. The van der Waals surface area contributed by atoms with E-state index in [1.807, 2.05) is 0 Å². The zero-order valence-corrected chi connectivity index (χ0v) is 12.1. The van der Waals surface area contributed by atoms with Gasteiger partial charge in [-0.25, -0.2) is 8.42 Å². The molecule has 3 nitrogen and oxygen atoms in total. The van der Waals surface area contributed by atoms with E-state index in [-0.39, 0.29) is 56.3 Å². The Bertz CT molecular complexity index is 536. The Kier molecular flexibility index (Phi) is 4.48. The van der Waals surface area contributed by atoms with Gasteiger partial charge < -0.3 is 4.55 Å². The van der Waals surface area contributed by atoms with Crippen molar-refractivity contribution in [3.05, 3.63) is 42.5 Å². The predicted molar refractivity (Wildman–Crippen MR) is 51.0 cm³/mol. The predicted octanol–water partition coefficient (Wildman–Crippen LogP) is -1.30. The maximum absolute atomic E-state index is 10.9. The van der Waals surface area contributed by atoms with E-state index < -0.39 is 10.1 Å². The van der Waals surface area contributed by atoms with Gasteiger partial charge >= 0.3 is 51.4 Å². The maximum Gasteiger partial charge on any atom is 1.00 e. The van der Waals surface area contributed by atoms with Gasteiger partial charge in [-0.3, -0.25) is 0 Å². The Morgan fingerprint density at radius 1 is 0.933 bits per heavy atom. The fourth-order valence-corrected chi connectivity index (χ4v) is 2.09. The Morgan fingerprint density at radius 3 is 2.27 bits per heavy atom. The zero-order chi connectivity index (χ0) is 10.2. The van der Waals surface area contributed by atoms with Gasteiger partial charge in [-0.05, 0) is 17.2 Å². The molecule has 0 unspecified atom stereocenters. The monoisotopic (exact) mass is 246 g/mol. The number of fused-ring (bicyclic) bond motifs is 1. The van der Waals surface area contributed by atoms with Crippen molar-refractivity contribution in [2.45, 2.75) is 4.90 Å². The molecule has 2 aliphatic carbocycles. The van der Waals surface area contributed by atoms with Crippen LogP contribution < -0.4 is 51.4 Å². The van der Waals surface area contributed by atoms with Gasteiger partial charge in [0.25, 0.3) is 0 Å². The first-order chi connectivity index (χ1) is 6.59. The van der Waals surface area contributed by atoms with Crippen molar-refractivity contribution < 1.29 is 64.4 Å². The third-order valence-electron chi connectivity index (χ3n) is 2.02. The fourth-order valence-electron chi connectivity index (χ4n) is 1.40. The standard InChI is InChI=1S/C10H8O3S.K/c11-14(12,13)10-7-6-8-4-2-1-3-5-9(8)10;/h1-7H,(H,11,12,13);/q;+1/p-1. The Labute approximate surface area is 131 Å². The minimum absolute atomic E-state index is 0. The molecule has 0 saturated carbocycles. The SMILES string of the molecule is O=S(=O)([O-])c1ccc2cccccc1-2.[K+]. The topological polar surface area (TPSA) is 57.2 Å². The Hall–Kier alpha value is 0.246. The van der Waals surface area contributed by atoms with E-state index in [4.69, 9.17) is 0 Å². The third kappa shape index (κ3) is 2.88. The summed E-state index contributed by atoms with van der Waals surface area (Å²) >= 11 is 0. The van der Waals surface area contributed by atoms with Crippen molar-refractivity contribution in [2.75, 3.05) is 0 Å². The van der Waals surface area contributed by atoms with Crippen molar-refractivity contribution in [3.8, 4) is 11.1 Å². The van der Waals surface area contributed by atoms with Crippen LogP contribution in [0.2, 0.25) is 0 Å². The summed E-state index contributed by atoms with van der Waals surface area (Å²) in [6.07, 6.45) is 0. The molecule has 15 heavy (non-hydrogen) atoms. The molecule has 0 N–H and O–H groups in total. The van der Waals surface area contributed by atoms with Crippen LogP contribution in [0.25, 0.3) is 11.1 Å². The van der Waals surface area contributed by atoms with Crippen LogP contribution in [-0.4, -0.2) is 13.0 Å². The molecule has 0 aliphatic heterocycles. The molecule has 0 aromatic rings. The zero-order valence-electron chi connectivity index (χ0n) is 8.17. The smallest absolute Gasteiger partial charge is 0.744 e. The van der Waals surface area contributed by atoms with Gasteiger partial charge in [-0.2, -0.15) is 0 Å². The molecule has 0 amide bonds. The molecule has 2 aliphatic rings. The van der Waals surface area contributed by atoms with Gasteiger partial charge in [0.05, 0.1) is 4.90 Å². The molecule has 72 valence electrons. The van der Waals surface area contributed by atoms with Crippen molar-refractivity contribution in [1.29, 1.82) is 0 Å². The van der Waals surface area contributed by atoms with Crippen LogP contribution in [0.3, 0.4) is 0 Å². The molecule has 0 fully saturated rings.